The zero-order valence-electron chi connectivity index (χ0n) is 16.2. The van der Waals surface area contributed by atoms with Crippen LogP contribution in [0.3, 0.4) is 0 Å². The number of carbonyl (C=O) groups is 2. The topological polar surface area (TPSA) is 75.6 Å². The molecule has 2 atom stereocenters. The molecule has 0 aliphatic heterocycles. The Hall–Kier alpha value is -2.89. The molecule has 0 heterocycles. The predicted molar refractivity (Wildman–Crippen MR) is 105 cm³/mol. The number of ether oxygens (including phenoxy) is 1. The second kappa shape index (κ2) is 10.4. The number of carboxylic acids is 1. The van der Waals surface area contributed by atoms with Crippen molar-refractivity contribution in [3.8, 4) is 5.75 Å². The molecule has 0 spiro atoms. The summed E-state index contributed by atoms with van der Waals surface area (Å²) in [6, 6.07) is 13.6. The highest BCUT2D eigenvalue weighted by molar-refractivity contribution is 5.77. The number of aliphatic carboxylic acids is 1. The fourth-order valence-corrected chi connectivity index (χ4v) is 3.15. The van der Waals surface area contributed by atoms with Crippen molar-refractivity contribution >= 4 is 11.9 Å². The molecular formula is C22H26FNO4. The lowest BCUT2D eigenvalue weighted by atomic mass is 9.96. The van der Waals surface area contributed by atoms with Crippen LogP contribution < -0.4 is 10.1 Å². The van der Waals surface area contributed by atoms with Crippen molar-refractivity contribution in [2.24, 2.45) is 11.8 Å². The predicted octanol–water partition coefficient (Wildman–Crippen LogP) is 3.46. The highest BCUT2D eigenvalue weighted by atomic mass is 19.1. The molecule has 0 aliphatic carbocycles. The molecule has 0 saturated carbocycles. The number of rotatable bonds is 10. The molecule has 0 radical (unpaired) electrons. The molecule has 2 N–H and O–H groups in total. The Kier molecular flexibility index (Phi) is 7.99. The summed E-state index contributed by atoms with van der Waals surface area (Å²) in [6.07, 6.45) is 1.09. The van der Waals surface area contributed by atoms with Gasteiger partial charge in [-0.3, -0.25) is 9.59 Å². The van der Waals surface area contributed by atoms with Gasteiger partial charge in [0.25, 0.3) is 0 Å². The molecule has 2 unspecified atom stereocenters. The molecular weight excluding hydrogens is 361 g/mol. The number of hydrogen-bond acceptors (Lipinski definition) is 3. The van der Waals surface area contributed by atoms with Crippen LogP contribution in [0.1, 0.15) is 24.5 Å². The van der Waals surface area contributed by atoms with Crippen LogP contribution >= 0.6 is 0 Å². The Labute approximate surface area is 164 Å². The quantitative estimate of drug-likeness (QED) is 0.655. The number of methoxy groups -OCH3 is 1. The highest BCUT2D eigenvalue weighted by Gasteiger charge is 2.21. The molecule has 0 saturated heterocycles. The van der Waals surface area contributed by atoms with Crippen LogP contribution in [0.25, 0.3) is 0 Å². The summed E-state index contributed by atoms with van der Waals surface area (Å²) in [7, 11) is 1.54. The number of halogens is 1. The molecule has 1 amide bonds. The van der Waals surface area contributed by atoms with Gasteiger partial charge in [-0.2, -0.15) is 0 Å². The Morgan fingerprint density at radius 3 is 2.57 bits per heavy atom. The maximum absolute atomic E-state index is 13.3. The van der Waals surface area contributed by atoms with E-state index in [0.717, 1.165) is 11.1 Å². The van der Waals surface area contributed by atoms with E-state index in [9.17, 15) is 19.1 Å². The van der Waals surface area contributed by atoms with Gasteiger partial charge < -0.3 is 15.2 Å². The largest absolute Gasteiger partial charge is 0.496 e. The number of amides is 1. The second-order valence-corrected chi connectivity index (χ2v) is 7.00. The Morgan fingerprint density at radius 1 is 1.14 bits per heavy atom. The summed E-state index contributed by atoms with van der Waals surface area (Å²) in [5.74, 6) is -1.59. The van der Waals surface area contributed by atoms with E-state index >= 15 is 0 Å². The first-order chi connectivity index (χ1) is 13.4. The summed E-state index contributed by atoms with van der Waals surface area (Å²) in [5, 5.41) is 12.2. The average Bonchev–Trinajstić information content (AvgIpc) is 2.65. The molecule has 0 aromatic heterocycles. The van der Waals surface area contributed by atoms with Gasteiger partial charge in [-0.15, -0.1) is 0 Å². The summed E-state index contributed by atoms with van der Waals surface area (Å²) in [4.78, 5) is 23.8. The Balaban J connectivity index is 1.87. The van der Waals surface area contributed by atoms with E-state index in [0.29, 0.717) is 12.2 Å². The molecule has 2 aromatic rings. The monoisotopic (exact) mass is 387 g/mol. The molecule has 0 fully saturated rings. The first-order valence-corrected chi connectivity index (χ1v) is 9.25. The maximum atomic E-state index is 13.3. The SMILES string of the molecule is COc1ccccc1CC(CNC(=O)CC(C)Cc1cccc(F)c1)C(=O)O. The molecule has 6 heteroatoms. The minimum absolute atomic E-state index is 0.0132. The van der Waals surface area contributed by atoms with Gasteiger partial charge in [0.2, 0.25) is 5.91 Å². The fourth-order valence-electron chi connectivity index (χ4n) is 3.15. The zero-order valence-corrected chi connectivity index (χ0v) is 16.2. The van der Waals surface area contributed by atoms with Gasteiger partial charge in [-0.1, -0.05) is 37.3 Å². The van der Waals surface area contributed by atoms with E-state index in [2.05, 4.69) is 5.32 Å². The third kappa shape index (κ3) is 6.68. The van der Waals surface area contributed by atoms with Crippen molar-refractivity contribution < 1.29 is 23.8 Å². The maximum Gasteiger partial charge on any atom is 0.308 e. The van der Waals surface area contributed by atoms with Gasteiger partial charge in [-0.05, 0) is 48.1 Å². The van der Waals surface area contributed by atoms with Crippen LogP contribution in [0.4, 0.5) is 4.39 Å². The molecule has 2 rings (SSSR count). The Morgan fingerprint density at radius 2 is 1.89 bits per heavy atom. The van der Waals surface area contributed by atoms with Gasteiger partial charge in [0, 0.05) is 13.0 Å². The van der Waals surface area contributed by atoms with Crippen LogP contribution in [0.15, 0.2) is 48.5 Å². The van der Waals surface area contributed by atoms with E-state index in [4.69, 9.17) is 4.74 Å². The first kappa shape index (κ1) is 21.4. The third-order valence-electron chi connectivity index (χ3n) is 4.56. The lowest BCUT2D eigenvalue weighted by molar-refractivity contribution is -0.141. The van der Waals surface area contributed by atoms with Crippen molar-refractivity contribution in [1.29, 1.82) is 0 Å². The van der Waals surface area contributed by atoms with Crippen molar-refractivity contribution in [2.75, 3.05) is 13.7 Å². The van der Waals surface area contributed by atoms with Gasteiger partial charge in [0.1, 0.15) is 11.6 Å². The lowest BCUT2D eigenvalue weighted by Crippen LogP contribution is -2.34. The van der Waals surface area contributed by atoms with Crippen LogP contribution in [-0.4, -0.2) is 30.6 Å². The molecule has 0 bridgehead atoms. The molecule has 5 nitrogen and oxygen atoms in total. The second-order valence-electron chi connectivity index (χ2n) is 7.00. The van der Waals surface area contributed by atoms with E-state index in [-0.39, 0.29) is 37.0 Å². The number of carbonyl (C=O) groups excluding carboxylic acids is 1. The van der Waals surface area contributed by atoms with Gasteiger partial charge in [0.05, 0.1) is 13.0 Å². The van der Waals surface area contributed by atoms with Crippen molar-refractivity contribution in [3.63, 3.8) is 0 Å². The summed E-state index contributed by atoms with van der Waals surface area (Å²) >= 11 is 0. The van der Waals surface area contributed by atoms with Crippen molar-refractivity contribution in [3.05, 3.63) is 65.5 Å². The van der Waals surface area contributed by atoms with E-state index in [1.165, 1.54) is 19.2 Å². The average molecular weight is 387 g/mol. The third-order valence-corrected chi connectivity index (χ3v) is 4.56. The Bertz CT molecular complexity index is 809. The normalized spacial score (nSPS) is 12.8. The summed E-state index contributed by atoms with van der Waals surface area (Å²) < 4.78 is 18.5. The van der Waals surface area contributed by atoms with Gasteiger partial charge in [0.15, 0.2) is 0 Å². The number of hydrogen-bond donors (Lipinski definition) is 2. The molecule has 150 valence electrons. The zero-order chi connectivity index (χ0) is 20.5. The van der Waals surface area contributed by atoms with E-state index < -0.39 is 11.9 Å². The van der Waals surface area contributed by atoms with Gasteiger partial charge in [-0.25, -0.2) is 4.39 Å². The minimum atomic E-state index is -0.973. The van der Waals surface area contributed by atoms with Crippen LogP contribution in [0.5, 0.6) is 5.75 Å². The van der Waals surface area contributed by atoms with Crippen LogP contribution in [-0.2, 0) is 22.4 Å². The lowest BCUT2D eigenvalue weighted by Gasteiger charge is -2.17. The molecule has 28 heavy (non-hydrogen) atoms. The highest BCUT2D eigenvalue weighted by Crippen LogP contribution is 2.21. The molecule has 2 aromatic carbocycles. The fraction of sp³-hybridized carbons (Fsp3) is 0.364. The number of carboxylic acid groups (broad SMARTS) is 1. The number of benzene rings is 2. The van der Waals surface area contributed by atoms with E-state index in [1.807, 2.05) is 31.2 Å². The van der Waals surface area contributed by atoms with Crippen LogP contribution in [0, 0.1) is 17.7 Å². The minimum Gasteiger partial charge on any atom is -0.496 e. The van der Waals surface area contributed by atoms with Crippen molar-refractivity contribution in [1.82, 2.24) is 5.32 Å². The summed E-state index contributed by atoms with van der Waals surface area (Å²) in [5.41, 5.74) is 1.62. The first-order valence-electron chi connectivity index (χ1n) is 9.25. The number of para-hydroxylation sites is 1. The van der Waals surface area contributed by atoms with Crippen LogP contribution in [0.2, 0.25) is 0 Å². The number of nitrogens with one attached hydrogen (secondary N) is 1. The smallest absolute Gasteiger partial charge is 0.308 e. The standard InChI is InChI=1S/C22H26FNO4/c1-15(10-16-6-5-8-19(23)12-16)11-21(25)24-14-18(22(26)27)13-17-7-3-4-9-20(17)28-2/h3-9,12,15,18H,10-11,13-14H2,1-2H3,(H,24,25)(H,26,27). The molecule has 0 aliphatic rings. The summed E-state index contributed by atoms with van der Waals surface area (Å²) in [6.45, 7) is 1.95. The van der Waals surface area contributed by atoms with Crippen molar-refractivity contribution in [2.45, 2.75) is 26.2 Å². The van der Waals surface area contributed by atoms with E-state index in [1.54, 1.807) is 12.1 Å². The van der Waals surface area contributed by atoms with Gasteiger partial charge >= 0.3 is 5.97 Å².